The van der Waals surface area contributed by atoms with Crippen molar-refractivity contribution < 1.29 is 14.3 Å². The van der Waals surface area contributed by atoms with Gasteiger partial charge in [-0.25, -0.2) is 0 Å². The van der Waals surface area contributed by atoms with Gasteiger partial charge in [-0.2, -0.15) is 0 Å². The second-order valence-corrected chi connectivity index (χ2v) is 7.83. The Morgan fingerprint density at radius 2 is 1.81 bits per heavy atom. The molecule has 1 N–H and O–H groups in total. The Bertz CT molecular complexity index is 728. The Labute approximate surface area is 165 Å². The summed E-state index contributed by atoms with van der Waals surface area (Å²) in [6.07, 6.45) is 0. The minimum Gasteiger partial charge on any atom is -0.497 e. The molecule has 1 heterocycles. The summed E-state index contributed by atoms with van der Waals surface area (Å²) in [6.45, 7) is 5.87. The summed E-state index contributed by atoms with van der Waals surface area (Å²) < 4.78 is 10.5. The van der Waals surface area contributed by atoms with Crippen molar-refractivity contribution in [1.29, 1.82) is 0 Å². The average Bonchev–Trinajstić information content (AvgIpc) is 2.73. The van der Waals surface area contributed by atoms with Crippen LogP contribution >= 0.6 is 11.8 Å². The number of hydrogen-bond acceptors (Lipinski definition) is 5. The van der Waals surface area contributed by atoms with Crippen LogP contribution in [0.15, 0.2) is 53.4 Å². The van der Waals surface area contributed by atoms with Crippen molar-refractivity contribution in [2.24, 2.45) is 0 Å². The molecule has 2 aromatic carbocycles. The van der Waals surface area contributed by atoms with Crippen molar-refractivity contribution >= 4 is 23.4 Å². The molecule has 6 heteroatoms. The second-order valence-electron chi connectivity index (χ2n) is 6.42. The maximum absolute atomic E-state index is 12.4. The van der Waals surface area contributed by atoms with Crippen molar-refractivity contribution in [3.63, 3.8) is 0 Å². The smallest absolute Gasteiger partial charge is 0.233 e. The quantitative estimate of drug-likeness (QED) is 0.740. The molecule has 0 bridgehead atoms. The van der Waals surface area contributed by atoms with Gasteiger partial charge in [0, 0.05) is 30.2 Å². The van der Waals surface area contributed by atoms with E-state index in [1.807, 2.05) is 31.2 Å². The Hall–Kier alpha value is -2.18. The van der Waals surface area contributed by atoms with Crippen LogP contribution in [0.25, 0.3) is 0 Å². The van der Waals surface area contributed by atoms with Crippen LogP contribution < -0.4 is 15.0 Å². The van der Waals surface area contributed by atoms with Gasteiger partial charge in [0.25, 0.3) is 0 Å². The lowest BCUT2D eigenvalue weighted by Gasteiger charge is -2.28. The van der Waals surface area contributed by atoms with Crippen LogP contribution in [0.1, 0.15) is 12.5 Å². The van der Waals surface area contributed by atoms with Gasteiger partial charge >= 0.3 is 0 Å². The lowest BCUT2D eigenvalue weighted by atomic mass is 10.2. The van der Waals surface area contributed by atoms with Crippen LogP contribution in [-0.4, -0.2) is 44.6 Å². The first kappa shape index (κ1) is 19.6. The van der Waals surface area contributed by atoms with E-state index in [4.69, 9.17) is 9.47 Å². The molecule has 1 atom stereocenters. The number of nitrogens with one attached hydrogen (secondary N) is 1. The van der Waals surface area contributed by atoms with Gasteiger partial charge in [0.05, 0.1) is 25.6 Å². The van der Waals surface area contributed by atoms with Crippen molar-refractivity contribution in [2.75, 3.05) is 38.3 Å². The Kier molecular flexibility index (Phi) is 7.01. The van der Waals surface area contributed by atoms with E-state index in [9.17, 15) is 4.79 Å². The van der Waals surface area contributed by atoms with E-state index < -0.39 is 0 Å². The first-order chi connectivity index (χ1) is 13.2. The van der Waals surface area contributed by atoms with Gasteiger partial charge in [-0.1, -0.05) is 12.1 Å². The maximum Gasteiger partial charge on any atom is 0.233 e. The third kappa shape index (κ3) is 5.65. The summed E-state index contributed by atoms with van der Waals surface area (Å²) in [4.78, 5) is 15.7. The number of anilines is 1. The second kappa shape index (κ2) is 9.67. The molecule has 1 fully saturated rings. The number of thioether (sulfide) groups is 1. The molecule has 3 rings (SSSR count). The van der Waals surface area contributed by atoms with Gasteiger partial charge in [-0.3, -0.25) is 4.79 Å². The first-order valence-electron chi connectivity index (χ1n) is 9.16. The number of ether oxygens (including phenoxy) is 2. The number of benzene rings is 2. The highest BCUT2D eigenvalue weighted by Gasteiger charge is 2.15. The summed E-state index contributed by atoms with van der Waals surface area (Å²) in [5.41, 5.74) is 2.30. The molecular weight excluding hydrogens is 360 g/mol. The fourth-order valence-corrected chi connectivity index (χ4v) is 3.78. The first-order valence-corrected chi connectivity index (χ1v) is 10.0. The molecule has 1 amide bonds. The van der Waals surface area contributed by atoms with E-state index >= 15 is 0 Å². The fraction of sp³-hybridized carbons (Fsp3) is 0.381. The van der Waals surface area contributed by atoms with Gasteiger partial charge in [-0.15, -0.1) is 11.8 Å². The van der Waals surface area contributed by atoms with E-state index in [1.54, 1.807) is 18.9 Å². The number of methoxy groups -OCH3 is 1. The topological polar surface area (TPSA) is 50.8 Å². The lowest BCUT2D eigenvalue weighted by Crippen LogP contribution is -2.36. The third-order valence-corrected chi connectivity index (χ3v) is 5.63. The van der Waals surface area contributed by atoms with Gasteiger partial charge in [-0.05, 0) is 48.9 Å². The number of hydrogen-bond donors (Lipinski definition) is 1. The monoisotopic (exact) mass is 386 g/mol. The molecule has 5 nitrogen and oxygen atoms in total. The molecule has 1 aliphatic heterocycles. The van der Waals surface area contributed by atoms with Crippen LogP contribution in [-0.2, 0) is 16.1 Å². The number of morpholine rings is 1. The van der Waals surface area contributed by atoms with Crippen molar-refractivity contribution in [2.45, 2.75) is 23.6 Å². The number of carbonyl (C=O) groups is 1. The fourth-order valence-electron chi connectivity index (χ4n) is 2.89. The molecule has 0 spiro atoms. The molecule has 0 radical (unpaired) electrons. The molecule has 0 aliphatic carbocycles. The molecule has 0 aromatic heterocycles. The zero-order valence-corrected chi connectivity index (χ0v) is 16.6. The normalized spacial score (nSPS) is 15.3. The van der Waals surface area contributed by atoms with E-state index in [1.165, 1.54) is 5.69 Å². The SMILES string of the molecule is COc1ccc(S[C@@H](C)C(=O)NCc2ccc(N3CCOCC3)cc2)cc1. The van der Waals surface area contributed by atoms with Gasteiger partial charge in [0.2, 0.25) is 5.91 Å². The van der Waals surface area contributed by atoms with Crippen LogP contribution in [0.5, 0.6) is 5.75 Å². The largest absolute Gasteiger partial charge is 0.497 e. The summed E-state index contributed by atoms with van der Waals surface area (Å²) in [5, 5.41) is 2.86. The Morgan fingerprint density at radius 3 is 2.44 bits per heavy atom. The summed E-state index contributed by atoms with van der Waals surface area (Å²) in [6, 6.07) is 16.1. The molecule has 1 aliphatic rings. The predicted octanol–water partition coefficient (Wildman–Crippen LogP) is 3.33. The van der Waals surface area contributed by atoms with E-state index in [2.05, 4.69) is 34.5 Å². The molecular formula is C21H26N2O3S. The van der Waals surface area contributed by atoms with Gasteiger partial charge in [0.1, 0.15) is 5.75 Å². The minimum absolute atomic E-state index is 0.0353. The van der Waals surface area contributed by atoms with E-state index in [-0.39, 0.29) is 11.2 Å². The molecule has 0 saturated carbocycles. The predicted molar refractivity (Wildman–Crippen MR) is 110 cm³/mol. The van der Waals surface area contributed by atoms with Gasteiger partial charge < -0.3 is 19.7 Å². The van der Waals surface area contributed by atoms with E-state index in [0.717, 1.165) is 42.5 Å². The molecule has 1 saturated heterocycles. The number of rotatable bonds is 7. The minimum atomic E-state index is -0.161. The van der Waals surface area contributed by atoms with Crippen LogP contribution in [0.4, 0.5) is 5.69 Å². The zero-order valence-electron chi connectivity index (χ0n) is 15.8. The molecule has 144 valence electrons. The Morgan fingerprint density at radius 1 is 1.15 bits per heavy atom. The number of carbonyl (C=O) groups excluding carboxylic acids is 1. The lowest BCUT2D eigenvalue weighted by molar-refractivity contribution is -0.120. The standard InChI is InChI=1S/C21H26N2O3S/c1-16(27-20-9-7-19(25-2)8-10-20)21(24)22-15-17-3-5-18(6-4-17)23-11-13-26-14-12-23/h3-10,16H,11-15H2,1-2H3,(H,22,24)/t16-/m0/s1. The average molecular weight is 387 g/mol. The van der Waals surface area contributed by atoms with E-state index in [0.29, 0.717) is 6.54 Å². The Balaban J connectivity index is 1.47. The van der Waals surface area contributed by atoms with Crippen LogP contribution in [0, 0.1) is 0 Å². The number of nitrogens with zero attached hydrogens (tertiary/aromatic N) is 1. The summed E-state index contributed by atoms with van der Waals surface area (Å²) in [5.74, 6) is 0.852. The third-order valence-electron chi connectivity index (χ3n) is 4.52. The van der Waals surface area contributed by atoms with Crippen molar-refractivity contribution in [3.8, 4) is 5.75 Å². The van der Waals surface area contributed by atoms with Crippen molar-refractivity contribution in [3.05, 3.63) is 54.1 Å². The highest BCUT2D eigenvalue weighted by molar-refractivity contribution is 8.00. The summed E-state index contributed by atoms with van der Waals surface area (Å²) in [7, 11) is 1.64. The molecule has 27 heavy (non-hydrogen) atoms. The highest BCUT2D eigenvalue weighted by Crippen LogP contribution is 2.25. The van der Waals surface area contributed by atoms with Gasteiger partial charge in [0.15, 0.2) is 0 Å². The summed E-state index contributed by atoms with van der Waals surface area (Å²) >= 11 is 1.54. The number of amides is 1. The molecule has 0 unspecified atom stereocenters. The highest BCUT2D eigenvalue weighted by atomic mass is 32.2. The zero-order chi connectivity index (χ0) is 19.1. The maximum atomic E-state index is 12.4. The van der Waals surface area contributed by atoms with Crippen molar-refractivity contribution in [1.82, 2.24) is 5.32 Å². The van der Waals surface area contributed by atoms with Crippen LogP contribution in [0.2, 0.25) is 0 Å². The van der Waals surface area contributed by atoms with Crippen LogP contribution in [0.3, 0.4) is 0 Å². The molecule has 2 aromatic rings.